The predicted octanol–water partition coefficient (Wildman–Crippen LogP) is 2.53. The number of nitrogens with one attached hydrogen (secondary N) is 1. The van der Waals surface area contributed by atoms with Gasteiger partial charge >= 0.3 is 0 Å². The van der Waals surface area contributed by atoms with E-state index in [4.69, 9.17) is 4.42 Å². The second-order valence-electron chi connectivity index (χ2n) is 5.65. The fourth-order valence-corrected chi connectivity index (χ4v) is 2.80. The van der Waals surface area contributed by atoms with Crippen LogP contribution in [0.3, 0.4) is 0 Å². The van der Waals surface area contributed by atoms with Crippen LogP contribution in [0.4, 0.5) is 0 Å². The van der Waals surface area contributed by atoms with Gasteiger partial charge in [0.1, 0.15) is 5.76 Å². The molecule has 0 amide bonds. The van der Waals surface area contributed by atoms with Crippen molar-refractivity contribution in [1.82, 2.24) is 10.2 Å². The summed E-state index contributed by atoms with van der Waals surface area (Å²) in [6.07, 6.45) is 4.00. The van der Waals surface area contributed by atoms with E-state index in [0.29, 0.717) is 18.0 Å². The quantitative estimate of drug-likeness (QED) is 0.870. The maximum absolute atomic E-state index is 5.43. The molecule has 2 unspecified atom stereocenters. The Balaban J connectivity index is 1.92. The molecule has 2 atom stereocenters. The van der Waals surface area contributed by atoms with Gasteiger partial charge < -0.3 is 9.73 Å². The molecule has 1 aliphatic heterocycles. The highest BCUT2D eigenvalue weighted by Crippen LogP contribution is 2.17. The third-order valence-corrected chi connectivity index (χ3v) is 4.03. The van der Waals surface area contributed by atoms with Crippen molar-refractivity contribution in [3.05, 3.63) is 24.2 Å². The van der Waals surface area contributed by atoms with E-state index in [1.54, 1.807) is 6.26 Å². The number of furan rings is 1. The van der Waals surface area contributed by atoms with Crippen LogP contribution in [0.5, 0.6) is 0 Å². The van der Waals surface area contributed by atoms with Gasteiger partial charge in [0, 0.05) is 38.1 Å². The summed E-state index contributed by atoms with van der Waals surface area (Å²) < 4.78 is 5.43. The van der Waals surface area contributed by atoms with E-state index >= 15 is 0 Å². The molecule has 1 fully saturated rings. The fourth-order valence-electron chi connectivity index (χ4n) is 2.80. The molecule has 0 bridgehead atoms. The lowest BCUT2D eigenvalue weighted by Gasteiger charge is -2.42. The lowest BCUT2D eigenvalue weighted by atomic mass is 9.97. The summed E-state index contributed by atoms with van der Waals surface area (Å²) in [5.74, 6) is 1.80. The van der Waals surface area contributed by atoms with E-state index in [2.05, 4.69) is 37.1 Å². The topological polar surface area (TPSA) is 28.4 Å². The molecule has 0 aliphatic carbocycles. The van der Waals surface area contributed by atoms with Gasteiger partial charge in [0.25, 0.3) is 0 Å². The lowest BCUT2D eigenvalue weighted by Crippen LogP contribution is -2.58. The summed E-state index contributed by atoms with van der Waals surface area (Å²) in [5.41, 5.74) is 0. The van der Waals surface area contributed by atoms with Crippen molar-refractivity contribution in [3.63, 3.8) is 0 Å². The minimum Gasteiger partial charge on any atom is -0.469 e. The fraction of sp³-hybridized carbons (Fsp3) is 0.733. The first-order valence-corrected chi connectivity index (χ1v) is 7.20. The van der Waals surface area contributed by atoms with E-state index in [1.165, 1.54) is 13.0 Å². The van der Waals surface area contributed by atoms with Gasteiger partial charge in [0.15, 0.2) is 0 Å². The number of piperazine rings is 1. The van der Waals surface area contributed by atoms with Crippen molar-refractivity contribution in [2.75, 3.05) is 19.6 Å². The smallest absolute Gasteiger partial charge is 0.105 e. The molecule has 0 saturated carbocycles. The number of hydrogen-bond donors (Lipinski definition) is 1. The molecule has 1 saturated heterocycles. The molecule has 1 aliphatic rings. The second kappa shape index (κ2) is 6.39. The summed E-state index contributed by atoms with van der Waals surface area (Å²) >= 11 is 0. The second-order valence-corrected chi connectivity index (χ2v) is 5.65. The van der Waals surface area contributed by atoms with Crippen molar-refractivity contribution in [1.29, 1.82) is 0 Å². The van der Waals surface area contributed by atoms with Crippen molar-refractivity contribution in [3.8, 4) is 0 Å². The zero-order chi connectivity index (χ0) is 13.0. The first-order valence-electron chi connectivity index (χ1n) is 7.20. The molecule has 2 heterocycles. The van der Waals surface area contributed by atoms with Crippen molar-refractivity contribution >= 4 is 0 Å². The number of nitrogens with zero attached hydrogens (tertiary/aromatic N) is 1. The van der Waals surface area contributed by atoms with Crippen LogP contribution in [-0.4, -0.2) is 36.6 Å². The molecule has 1 aromatic heterocycles. The third kappa shape index (κ3) is 3.36. The molecule has 0 spiro atoms. The van der Waals surface area contributed by atoms with Gasteiger partial charge in [-0.05, 0) is 24.5 Å². The van der Waals surface area contributed by atoms with Crippen molar-refractivity contribution in [2.45, 2.75) is 45.7 Å². The van der Waals surface area contributed by atoms with Gasteiger partial charge in [-0.3, -0.25) is 4.90 Å². The molecule has 0 aromatic carbocycles. The van der Waals surface area contributed by atoms with Crippen LogP contribution < -0.4 is 5.32 Å². The Morgan fingerprint density at radius 1 is 1.50 bits per heavy atom. The van der Waals surface area contributed by atoms with Crippen molar-refractivity contribution < 1.29 is 4.42 Å². The maximum Gasteiger partial charge on any atom is 0.105 e. The minimum atomic E-state index is 0.650. The molecule has 102 valence electrons. The maximum atomic E-state index is 5.43. The summed E-state index contributed by atoms with van der Waals surface area (Å²) in [4.78, 5) is 2.64. The molecule has 18 heavy (non-hydrogen) atoms. The Labute approximate surface area is 111 Å². The molecule has 2 rings (SSSR count). The van der Waals surface area contributed by atoms with E-state index in [0.717, 1.165) is 25.3 Å². The number of rotatable bonds is 5. The predicted molar refractivity (Wildman–Crippen MR) is 74.7 cm³/mol. The SMILES string of the molecule is CCC1CN(CCc2ccco2)C(C(C)C)CN1. The summed E-state index contributed by atoms with van der Waals surface area (Å²) in [5, 5.41) is 3.66. The Bertz CT molecular complexity index is 334. The highest BCUT2D eigenvalue weighted by molar-refractivity contribution is 4.99. The van der Waals surface area contributed by atoms with Gasteiger partial charge in [-0.15, -0.1) is 0 Å². The molecular weight excluding hydrogens is 224 g/mol. The minimum absolute atomic E-state index is 0.650. The molecule has 3 nitrogen and oxygen atoms in total. The average Bonchev–Trinajstić information content (AvgIpc) is 2.88. The Morgan fingerprint density at radius 2 is 2.33 bits per heavy atom. The Hall–Kier alpha value is -0.800. The van der Waals surface area contributed by atoms with Gasteiger partial charge in [0.2, 0.25) is 0 Å². The summed E-state index contributed by atoms with van der Waals surface area (Å²) in [6, 6.07) is 5.35. The lowest BCUT2D eigenvalue weighted by molar-refractivity contribution is 0.0970. The van der Waals surface area contributed by atoms with Crippen LogP contribution in [0.15, 0.2) is 22.8 Å². The third-order valence-electron chi connectivity index (χ3n) is 4.03. The summed E-state index contributed by atoms with van der Waals surface area (Å²) in [7, 11) is 0. The van der Waals surface area contributed by atoms with Gasteiger partial charge in [-0.2, -0.15) is 0 Å². The van der Waals surface area contributed by atoms with Crippen LogP contribution in [-0.2, 0) is 6.42 Å². The van der Waals surface area contributed by atoms with E-state index in [1.807, 2.05) is 6.07 Å². The van der Waals surface area contributed by atoms with Crippen LogP contribution in [0.1, 0.15) is 33.0 Å². The molecule has 1 aromatic rings. The average molecular weight is 250 g/mol. The van der Waals surface area contributed by atoms with Gasteiger partial charge in [0.05, 0.1) is 6.26 Å². The van der Waals surface area contributed by atoms with Gasteiger partial charge in [-0.1, -0.05) is 20.8 Å². The largest absolute Gasteiger partial charge is 0.469 e. The summed E-state index contributed by atoms with van der Waals surface area (Å²) in [6.45, 7) is 10.3. The first kappa shape index (κ1) is 13.6. The van der Waals surface area contributed by atoms with Gasteiger partial charge in [-0.25, -0.2) is 0 Å². The number of hydrogen-bond acceptors (Lipinski definition) is 3. The first-order chi connectivity index (χ1) is 8.70. The monoisotopic (exact) mass is 250 g/mol. The molecule has 1 N–H and O–H groups in total. The molecule has 3 heteroatoms. The zero-order valence-electron chi connectivity index (χ0n) is 11.9. The molecular formula is C15H26N2O. The van der Waals surface area contributed by atoms with Crippen LogP contribution in [0.25, 0.3) is 0 Å². The Morgan fingerprint density at radius 3 is 2.94 bits per heavy atom. The zero-order valence-corrected chi connectivity index (χ0v) is 11.9. The normalized spacial score (nSPS) is 25.8. The van der Waals surface area contributed by atoms with E-state index in [9.17, 15) is 0 Å². The molecule has 0 radical (unpaired) electrons. The van der Waals surface area contributed by atoms with Crippen molar-refractivity contribution in [2.24, 2.45) is 5.92 Å². The van der Waals surface area contributed by atoms with Crippen LogP contribution >= 0.6 is 0 Å². The van der Waals surface area contributed by atoms with Crippen LogP contribution in [0, 0.1) is 5.92 Å². The highest BCUT2D eigenvalue weighted by atomic mass is 16.3. The van der Waals surface area contributed by atoms with E-state index in [-0.39, 0.29) is 0 Å². The standard InChI is InChI=1S/C15H26N2O/c1-4-13-11-17(15(10-16-13)12(2)3)8-7-14-6-5-9-18-14/h5-6,9,12-13,15-16H,4,7-8,10-11H2,1-3H3. The van der Waals surface area contributed by atoms with Crippen LogP contribution in [0.2, 0.25) is 0 Å². The highest BCUT2D eigenvalue weighted by Gasteiger charge is 2.28. The van der Waals surface area contributed by atoms with E-state index < -0.39 is 0 Å². The Kier molecular flexibility index (Phi) is 4.84.